The number of aromatic nitrogens is 2. The number of hydrogen-bond acceptors (Lipinski definition) is 3. The molecule has 2 N–H and O–H groups in total. The van der Waals surface area contributed by atoms with E-state index < -0.39 is 11.5 Å². The summed E-state index contributed by atoms with van der Waals surface area (Å²) in [4.78, 5) is 25.9. The van der Waals surface area contributed by atoms with Crippen LogP contribution in [0.2, 0.25) is 0 Å². The molecule has 5 nitrogen and oxygen atoms in total. The lowest BCUT2D eigenvalue weighted by atomic mass is 9.95. The number of carbonyl (C=O) groups is 1. The van der Waals surface area contributed by atoms with Gasteiger partial charge in [0.2, 0.25) is 0 Å². The van der Waals surface area contributed by atoms with Crippen LogP contribution in [0.1, 0.15) is 10.4 Å². The van der Waals surface area contributed by atoms with E-state index in [0.717, 1.165) is 14.7 Å². The number of benzene rings is 3. The predicted molar refractivity (Wildman–Crippen MR) is 123 cm³/mol. The molecule has 0 aliphatic heterocycles. The van der Waals surface area contributed by atoms with E-state index in [1.165, 1.54) is 0 Å². The summed E-state index contributed by atoms with van der Waals surface area (Å²) in [5, 5.41) is 9.63. The van der Waals surface area contributed by atoms with E-state index in [1.54, 1.807) is 6.07 Å². The van der Waals surface area contributed by atoms with Crippen molar-refractivity contribution in [2.24, 2.45) is 0 Å². The van der Waals surface area contributed by atoms with Crippen LogP contribution < -0.4 is 10.9 Å². The number of aromatic amines is 1. The van der Waals surface area contributed by atoms with E-state index in [9.17, 15) is 9.59 Å². The lowest BCUT2D eigenvalue weighted by Crippen LogP contribution is -2.26. The van der Waals surface area contributed by atoms with E-state index in [-0.39, 0.29) is 5.56 Å². The molecule has 1 heterocycles. The summed E-state index contributed by atoms with van der Waals surface area (Å²) in [7, 11) is 0. The Bertz CT molecular complexity index is 1220. The zero-order valence-electron chi connectivity index (χ0n) is 15.2. The molecule has 1 aromatic heterocycles. The van der Waals surface area contributed by atoms with E-state index in [0.29, 0.717) is 16.9 Å². The molecule has 4 rings (SSSR count). The Balaban J connectivity index is 1.92. The molecule has 0 radical (unpaired) electrons. The molecule has 29 heavy (non-hydrogen) atoms. The van der Waals surface area contributed by atoms with Crippen LogP contribution in [0.3, 0.4) is 0 Å². The molecule has 6 heteroatoms. The lowest BCUT2D eigenvalue weighted by molar-refractivity contribution is 0.102. The fraction of sp³-hybridized carbons (Fsp3) is 0. The van der Waals surface area contributed by atoms with Crippen LogP contribution in [0.25, 0.3) is 22.4 Å². The highest BCUT2D eigenvalue weighted by Gasteiger charge is 2.23. The molecule has 0 aliphatic rings. The van der Waals surface area contributed by atoms with Gasteiger partial charge < -0.3 is 5.32 Å². The Morgan fingerprint density at radius 2 is 1.41 bits per heavy atom. The van der Waals surface area contributed by atoms with Gasteiger partial charge >= 0.3 is 0 Å². The number of rotatable bonds is 4. The van der Waals surface area contributed by atoms with Crippen molar-refractivity contribution in [2.75, 3.05) is 5.32 Å². The molecular weight excluding hydrogens is 477 g/mol. The normalized spacial score (nSPS) is 10.5. The molecule has 1 amide bonds. The number of halogens is 1. The molecule has 0 unspecified atom stereocenters. The fourth-order valence-electron chi connectivity index (χ4n) is 3.11. The van der Waals surface area contributed by atoms with Gasteiger partial charge in [0.15, 0.2) is 0 Å². The largest absolute Gasteiger partial charge is 0.321 e. The first kappa shape index (κ1) is 19.1. The van der Waals surface area contributed by atoms with Crippen LogP contribution >= 0.6 is 22.6 Å². The average molecular weight is 493 g/mol. The Morgan fingerprint density at radius 1 is 0.828 bits per heavy atom. The molecule has 0 bridgehead atoms. The highest BCUT2D eigenvalue weighted by atomic mass is 127. The molecule has 0 aliphatic carbocycles. The third kappa shape index (κ3) is 3.97. The maximum Gasteiger partial charge on any atom is 0.277 e. The monoisotopic (exact) mass is 493 g/mol. The van der Waals surface area contributed by atoms with Crippen LogP contribution in [0.4, 0.5) is 5.69 Å². The number of nitrogens with one attached hydrogen (secondary N) is 2. The standard InChI is InChI=1S/C23H16IN3O2/c24-17-13-7-8-14-18(17)25-22(28)20-19(15-9-3-1-4-10-15)21(26-27-23(20)29)16-11-5-2-6-12-16/h1-14H,(H,25,28)(H,27,29). The summed E-state index contributed by atoms with van der Waals surface area (Å²) in [6, 6.07) is 26.3. The highest BCUT2D eigenvalue weighted by Crippen LogP contribution is 2.32. The number of nitrogens with zero attached hydrogens (tertiary/aromatic N) is 1. The summed E-state index contributed by atoms with van der Waals surface area (Å²) >= 11 is 2.15. The minimum absolute atomic E-state index is 0.0321. The number of para-hydroxylation sites is 1. The Labute approximate surface area is 181 Å². The molecule has 0 saturated heterocycles. The summed E-state index contributed by atoms with van der Waals surface area (Å²) < 4.78 is 0.883. The second kappa shape index (κ2) is 8.40. The molecule has 142 valence electrons. The SMILES string of the molecule is O=C(Nc1ccccc1I)c1c(-c2ccccc2)c(-c2ccccc2)n[nH]c1=O. The molecule has 0 spiro atoms. The lowest BCUT2D eigenvalue weighted by Gasteiger charge is -2.14. The highest BCUT2D eigenvalue weighted by molar-refractivity contribution is 14.1. The predicted octanol–water partition coefficient (Wildman–Crippen LogP) is 4.96. The van der Waals surface area contributed by atoms with Gasteiger partial charge in [-0.3, -0.25) is 9.59 Å². The summed E-state index contributed by atoms with van der Waals surface area (Å²) in [6.07, 6.45) is 0. The average Bonchev–Trinajstić information content (AvgIpc) is 2.76. The quantitative estimate of drug-likeness (QED) is 0.395. The maximum atomic E-state index is 13.2. The zero-order valence-corrected chi connectivity index (χ0v) is 17.4. The third-order valence-corrected chi connectivity index (χ3v) is 5.38. The van der Waals surface area contributed by atoms with Gasteiger partial charge in [-0.25, -0.2) is 5.10 Å². The third-order valence-electron chi connectivity index (χ3n) is 4.44. The second-order valence-electron chi connectivity index (χ2n) is 6.32. The Morgan fingerprint density at radius 3 is 2.07 bits per heavy atom. The first-order valence-electron chi connectivity index (χ1n) is 8.94. The minimum atomic E-state index is -0.535. The smallest absolute Gasteiger partial charge is 0.277 e. The minimum Gasteiger partial charge on any atom is -0.321 e. The Kier molecular flexibility index (Phi) is 5.53. The van der Waals surface area contributed by atoms with Gasteiger partial charge in [0, 0.05) is 14.7 Å². The topological polar surface area (TPSA) is 74.8 Å². The number of carbonyl (C=O) groups excluding carboxylic acids is 1. The number of hydrogen-bond donors (Lipinski definition) is 2. The van der Waals surface area contributed by atoms with Crippen LogP contribution in [0.15, 0.2) is 89.7 Å². The zero-order chi connectivity index (χ0) is 20.2. The van der Waals surface area contributed by atoms with Gasteiger partial charge in [0.1, 0.15) is 5.56 Å². The summed E-state index contributed by atoms with van der Waals surface area (Å²) in [5.41, 5.74) is 2.75. The van der Waals surface area contributed by atoms with Crippen LogP contribution in [0, 0.1) is 3.57 Å². The number of amides is 1. The van der Waals surface area contributed by atoms with Gasteiger partial charge in [0.05, 0.1) is 11.4 Å². The van der Waals surface area contributed by atoms with Crippen molar-refractivity contribution in [1.29, 1.82) is 0 Å². The molecule has 4 aromatic rings. The first-order valence-corrected chi connectivity index (χ1v) is 10.0. The van der Waals surface area contributed by atoms with E-state index in [1.807, 2.05) is 78.9 Å². The van der Waals surface area contributed by atoms with Crippen molar-refractivity contribution >= 4 is 34.2 Å². The molecular formula is C23H16IN3O2. The van der Waals surface area contributed by atoms with Crippen molar-refractivity contribution in [3.63, 3.8) is 0 Å². The molecule has 0 fully saturated rings. The van der Waals surface area contributed by atoms with Gasteiger partial charge in [-0.05, 0) is 40.3 Å². The number of anilines is 1. The molecule has 3 aromatic carbocycles. The summed E-state index contributed by atoms with van der Waals surface area (Å²) in [6.45, 7) is 0. The van der Waals surface area contributed by atoms with E-state index in [2.05, 4.69) is 38.1 Å². The van der Waals surface area contributed by atoms with Crippen LogP contribution in [0.5, 0.6) is 0 Å². The Hall–Kier alpha value is -3.26. The van der Waals surface area contributed by atoms with Crippen LogP contribution in [-0.2, 0) is 0 Å². The summed E-state index contributed by atoms with van der Waals surface area (Å²) in [5.74, 6) is -0.478. The van der Waals surface area contributed by atoms with Crippen LogP contribution in [-0.4, -0.2) is 16.1 Å². The molecule has 0 saturated carbocycles. The van der Waals surface area contributed by atoms with E-state index >= 15 is 0 Å². The van der Waals surface area contributed by atoms with Gasteiger partial charge in [-0.15, -0.1) is 0 Å². The van der Waals surface area contributed by atoms with Crippen molar-refractivity contribution in [1.82, 2.24) is 10.2 Å². The second-order valence-corrected chi connectivity index (χ2v) is 7.48. The van der Waals surface area contributed by atoms with Crippen molar-refractivity contribution < 1.29 is 4.79 Å². The first-order chi connectivity index (χ1) is 14.1. The van der Waals surface area contributed by atoms with Crippen molar-refractivity contribution in [3.05, 3.63) is 104 Å². The van der Waals surface area contributed by atoms with Crippen molar-refractivity contribution in [2.45, 2.75) is 0 Å². The van der Waals surface area contributed by atoms with Gasteiger partial charge in [-0.1, -0.05) is 72.8 Å². The van der Waals surface area contributed by atoms with Gasteiger partial charge in [0.25, 0.3) is 11.5 Å². The van der Waals surface area contributed by atoms with Crippen molar-refractivity contribution in [3.8, 4) is 22.4 Å². The number of H-pyrrole nitrogens is 1. The van der Waals surface area contributed by atoms with Gasteiger partial charge in [-0.2, -0.15) is 5.10 Å². The maximum absolute atomic E-state index is 13.2. The fourth-order valence-corrected chi connectivity index (χ4v) is 3.63. The van der Waals surface area contributed by atoms with E-state index in [4.69, 9.17) is 0 Å². The molecule has 0 atom stereocenters.